The number of amides is 2. The highest BCUT2D eigenvalue weighted by Crippen LogP contribution is 2.30. The van der Waals surface area contributed by atoms with Crippen molar-refractivity contribution in [1.82, 2.24) is 24.4 Å². The molecule has 9 nitrogen and oxygen atoms in total. The molecule has 2 amide bonds. The van der Waals surface area contributed by atoms with Gasteiger partial charge in [0.1, 0.15) is 11.3 Å². The molecule has 2 aromatic carbocycles. The normalized spacial score (nSPS) is 14.1. The first kappa shape index (κ1) is 21.1. The first-order valence-electron chi connectivity index (χ1n) is 11.2. The largest absolute Gasteiger partial charge is 0.378 e. The van der Waals surface area contributed by atoms with Crippen LogP contribution in [0.25, 0.3) is 21.9 Å². The van der Waals surface area contributed by atoms with E-state index in [1.165, 1.54) is 0 Å². The summed E-state index contributed by atoms with van der Waals surface area (Å²) < 4.78 is 7.49. The predicted octanol–water partition coefficient (Wildman–Crippen LogP) is 4.22. The van der Waals surface area contributed by atoms with E-state index in [0.717, 1.165) is 45.6 Å². The molecule has 0 spiro atoms. The fourth-order valence-corrected chi connectivity index (χ4v) is 4.26. The van der Waals surface area contributed by atoms with E-state index < -0.39 is 0 Å². The number of benzene rings is 2. The van der Waals surface area contributed by atoms with Crippen LogP contribution in [-0.4, -0.2) is 56.8 Å². The zero-order valence-corrected chi connectivity index (χ0v) is 19.1. The maximum absolute atomic E-state index is 12.9. The summed E-state index contributed by atoms with van der Waals surface area (Å²) in [6.07, 6.45) is 1.82. The molecule has 0 aliphatic carbocycles. The molecule has 9 heteroatoms. The van der Waals surface area contributed by atoms with Gasteiger partial charge in [0.2, 0.25) is 5.95 Å². The van der Waals surface area contributed by atoms with Crippen LogP contribution in [0.2, 0.25) is 0 Å². The lowest BCUT2D eigenvalue weighted by molar-refractivity contribution is 0.0565. The number of aryl methyl sites for hydroxylation is 3. The van der Waals surface area contributed by atoms with E-state index in [-0.39, 0.29) is 6.03 Å². The van der Waals surface area contributed by atoms with Crippen molar-refractivity contribution in [2.75, 3.05) is 36.9 Å². The van der Waals surface area contributed by atoms with Gasteiger partial charge in [0.25, 0.3) is 0 Å². The predicted molar refractivity (Wildman–Crippen MR) is 129 cm³/mol. The number of morpholine rings is 1. The Morgan fingerprint density at radius 2 is 1.94 bits per heavy atom. The molecule has 1 fully saturated rings. The second-order valence-corrected chi connectivity index (χ2v) is 8.16. The third kappa shape index (κ3) is 4.07. The number of nitrogens with one attached hydrogen (secondary N) is 2. The van der Waals surface area contributed by atoms with Gasteiger partial charge < -0.3 is 24.8 Å². The second-order valence-electron chi connectivity index (χ2n) is 8.16. The highest BCUT2D eigenvalue weighted by Gasteiger charge is 2.20. The molecule has 5 rings (SSSR count). The molecule has 0 saturated carbocycles. The molecule has 1 saturated heterocycles. The third-order valence-corrected chi connectivity index (χ3v) is 5.97. The van der Waals surface area contributed by atoms with E-state index in [9.17, 15) is 4.79 Å². The number of rotatable bonds is 4. The second kappa shape index (κ2) is 8.67. The molecule has 3 heterocycles. The van der Waals surface area contributed by atoms with Crippen LogP contribution in [0.5, 0.6) is 0 Å². The Morgan fingerprint density at radius 1 is 1.12 bits per heavy atom. The van der Waals surface area contributed by atoms with Crippen LogP contribution in [0.3, 0.4) is 0 Å². The van der Waals surface area contributed by atoms with Gasteiger partial charge in [-0.15, -0.1) is 0 Å². The highest BCUT2D eigenvalue weighted by molar-refractivity contribution is 6.01. The SMILES string of the molecule is CCn1c(C)nc2c(NC(=O)N3CCOCC3)cc(Nc3ncc4cccc(C)c4n3)cc21. The van der Waals surface area contributed by atoms with Gasteiger partial charge >= 0.3 is 6.03 Å². The fourth-order valence-electron chi connectivity index (χ4n) is 4.26. The molecule has 33 heavy (non-hydrogen) atoms. The number of para-hydroxylation sites is 1. The van der Waals surface area contributed by atoms with Crippen LogP contribution in [0.15, 0.2) is 36.5 Å². The molecule has 1 aliphatic heterocycles. The van der Waals surface area contributed by atoms with Crippen molar-refractivity contribution in [2.45, 2.75) is 27.3 Å². The van der Waals surface area contributed by atoms with Crippen LogP contribution in [0, 0.1) is 13.8 Å². The van der Waals surface area contributed by atoms with E-state index in [1.54, 1.807) is 4.90 Å². The number of carbonyl (C=O) groups is 1. The lowest BCUT2D eigenvalue weighted by atomic mass is 10.1. The summed E-state index contributed by atoms with van der Waals surface area (Å²) in [5.74, 6) is 1.39. The standard InChI is InChI=1S/C24H27N7O2/c1-4-31-16(3)26-22-19(28-24(32)30-8-10-33-11-9-30)12-18(13-20(22)31)27-23-25-14-17-7-5-6-15(2)21(17)29-23/h5-7,12-14H,4,8-11H2,1-3H3,(H,28,32)(H,25,27,29). The van der Waals surface area contributed by atoms with Crippen molar-refractivity contribution in [3.63, 3.8) is 0 Å². The molecule has 0 atom stereocenters. The fraction of sp³-hybridized carbons (Fsp3) is 0.333. The van der Waals surface area contributed by atoms with Gasteiger partial charge in [0.05, 0.1) is 29.9 Å². The number of urea groups is 1. The number of hydrogen-bond donors (Lipinski definition) is 2. The summed E-state index contributed by atoms with van der Waals surface area (Å²) in [6, 6.07) is 9.79. The molecule has 0 unspecified atom stereocenters. The summed E-state index contributed by atoms with van der Waals surface area (Å²) in [4.78, 5) is 28.6. The van der Waals surface area contributed by atoms with Crippen molar-refractivity contribution in [1.29, 1.82) is 0 Å². The maximum Gasteiger partial charge on any atom is 0.322 e. The number of ether oxygens (including phenoxy) is 1. The summed E-state index contributed by atoms with van der Waals surface area (Å²) in [6.45, 7) is 9.09. The Kier molecular flexibility index (Phi) is 5.55. The number of nitrogens with zero attached hydrogens (tertiary/aromatic N) is 5. The zero-order valence-electron chi connectivity index (χ0n) is 19.1. The van der Waals surface area contributed by atoms with Gasteiger partial charge in [0.15, 0.2) is 0 Å². The minimum absolute atomic E-state index is 0.155. The minimum atomic E-state index is -0.155. The monoisotopic (exact) mass is 445 g/mol. The molecule has 0 bridgehead atoms. The number of aromatic nitrogens is 4. The Bertz CT molecular complexity index is 1340. The molecule has 1 aliphatic rings. The van der Waals surface area contributed by atoms with E-state index in [1.807, 2.05) is 50.4 Å². The third-order valence-electron chi connectivity index (χ3n) is 5.97. The first-order valence-corrected chi connectivity index (χ1v) is 11.2. The average Bonchev–Trinajstić information content (AvgIpc) is 3.15. The molecule has 0 radical (unpaired) electrons. The zero-order chi connectivity index (χ0) is 22.9. The van der Waals surface area contributed by atoms with Crippen LogP contribution >= 0.6 is 0 Å². The van der Waals surface area contributed by atoms with Gasteiger partial charge in [0, 0.05) is 36.9 Å². The van der Waals surface area contributed by atoms with E-state index in [2.05, 4.69) is 27.1 Å². The van der Waals surface area contributed by atoms with E-state index in [4.69, 9.17) is 14.7 Å². The molecule has 2 aromatic heterocycles. The number of fused-ring (bicyclic) bond motifs is 2. The Balaban J connectivity index is 1.53. The lowest BCUT2D eigenvalue weighted by Gasteiger charge is -2.27. The average molecular weight is 446 g/mol. The summed E-state index contributed by atoms with van der Waals surface area (Å²) in [5.41, 5.74) is 5.13. The van der Waals surface area contributed by atoms with Crippen molar-refractivity contribution in [3.05, 3.63) is 47.9 Å². The van der Waals surface area contributed by atoms with Crippen LogP contribution in [-0.2, 0) is 11.3 Å². The van der Waals surface area contributed by atoms with Gasteiger partial charge in [-0.1, -0.05) is 18.2 Å². The van der Waals surface area contributed by atoms with Crippen LogP contribution < -0.4 is 10.6 Å². The van der Waals surface area contributed by atoms with E-state index in [0.29, 0.717) is 37.9 Å². The maximum atomic E-state index is 12.9. The van der Waals surface area contributed by atoms with Crippen molar-refractivity contribution >= 4 is 45.3 Å². The Hall–Kier alpha value is -3.72. The highest BCUT2D eigenvalue weighted by atomic mass is 16.5. The number of hydrogen-bond acceptors (Lipinski definition) is 6. The van der Waals surface area contributed by atoms with Crippen molar-refractivity contribution < 1.29 is 9.53 Å². The molecule has 2 N–H and O–H groups in total. The van der Waals surface area contributed by atoms with Crippen molar-refractivity contribution in [3.8, 4) is 0 Å². The van der Waals surface area contributed by atoms with Gasteiger partial charge in [-0.25, -0.2) is 19.7 Å². The van der Waals surface area contributed by atoms with Crippen molar-refractivity contribution in [2.24, 2.45) is 0 Å². The number of carbonyl (C=O) groups excluding carboxylic acids is 1. The summed E-state index contributed by atoms with van der Waals surface area (Å²) >= 11 is 0. The van der Waals surface area contributed by atoms with E-state index >= 15 is 0 Å². The van der Waals surface area contributed by atoms with Crippen LogP contribution in [0.1, 0.15) is 18.3 Å². The Labute approximate surface area is 191 Å². The first-order chi connectivity index (χ1) is 16.0. The Morgan fingerprint density at radius 3 is 2.73 bits per heavy atom. The van der Waals surface area contributed by atoms with Gasteiger partial charge in [-0.05, 0) is 38.5 Å². The van der Waals surface area contributed by atoms with Gasteiger partial charge in [-0.2, -0.15) is 0 Å². The summed E-state index contributed by atoms with van der Waals surface area (Å²) in [5, 5.41) is 7.37. The lowest BCUT2D eigenvalue weighted by Crippen LogP contribution is -2.43. The van der Waals surface area contributed by atoms with Gasteiger partial charge in [-0.3, -0.25) is 0 Å². The smallest absolute Gasteiger partial charge is 0.322 e. The molecule has 4 aromatic rings. The number of anilines is 3. The topological polar surface area (TPSA) is 97.2 Å². The molecular formula is C24H27N7O2. The molecular weight excluding hydrogens is 418 g/mol. The number of imidazole rings is 1. The quantitative estimate of drug-likeness (QED) is 0.488. The molecule has 170 valence electrons. The summed E-state index contributed by atoms with van der Waals surface area (Å²) in [7, 11) is 0. The van der Waals surface area contributed by atoms with Crippen LogP contribution in [0.4, 0.5) is 22.1 Å². The minimum Gasteiger partial charge on any atom is -0.378 e.